The van der Waals surface area contributed by atoms with Crippen LogP contribution in [0.15, 0.2) is 36.4 Å². The van der Waals surface area contributed by atoms with Gasteiger partial charge in [-0.1, -0.05) is 31.2 Å². The van der Waals surface area contributed by atoms with Crippen molar-refractivity contribution in [2.45, 2.75) is 19.9 Å². The monoisotopic (exact) mass is 276 g/mol. The van der Waals surface area contributed by atoms with Crippen molar-refractivity contribution >= 4 is 17.9 Å². The van der Waals surface area contributed by atoms with Crippen LogP contribution < -0.4 is 10.6 Å². The molecule has 6 nitrogen and oxygen atoms in total. The Kier molecular flexibility index (Phi) is 5.96. The summed E-state index contributed by atoms with van der Waals surface area (Å²) < 4.78 is 0. The molecule has 20 heavy (non-hydrogen) atoms. The van der Waals surface area contributed by atoms with Crippen molar-refractivity contribution in [1.29, 1.82) is 0 Å². The van der Waals surface area contributed by atoms with Crippen LogP contribution >= 0.6 is 0 Å². The molecule has 0 heterocycles. The van der Waals surface area contributed by atoms with Gasteiger partial charge in [0.15, 0.2) is 0 Å². The molecule has 0 saturated carbocycles. The van der Waals surface area contributed by atoms with E-state index in [0.717, 1.165) is 23.6 Å². The molecule has 1 aromatic carbocycles. The van der Waals surface area contributed by atoms with E-state index in [0.29, 0.717) is 12.6 Å². The number of benzene rings is 1. The van der Waals surface area contributed by atoms with Gasteiger partial charge in [-0.25, -0.2) is 9.59 Å². The fourth-order valence-corrected chi connectivity index (χ4v) is 1.60. The number of carbonyl (C=O) groups is 3. The molecule has 6 heteroatoms. The van der Waals surface area contributed by atoms with E-state index in [1.54, 1.807) is 0 Å². The molecule has 1 rings (SSSR count). The minimum Gasteiger partial charge on any atom is -0.478 e. The Morgan fingerprint density at radius 1 is 1.15 bits per heavy atom. The number of hydrogen-bond acceptors (Lipinski definition) is 3. The molecular weight excluding hydrogens is 260 g/mol. The van der Waals surface area contributed by atoms with Crippen LogP contribution in [0.4, 0.5) is 4.79 Å². The van der Waals surface area contributed by atoms with E-state index in [-0.39, 0.29) is 0 Å². The lowest BCUT2D eigenvalue weighted by Gasteiger charge is -2.09. The van der Waals surface area contributed by atoms with Gasteiger partial charge >= 0.3 is 12.0 Å². The van der Waals surface area contributed by atoms with E-state index in [4.69, 9.17) is 5.11 Å². The lowest BCUT2D eigenvalue weighted by molar-refractivity contribution is -0.131. The Hall–Kier alpha value is -2.63. The van der Waals surface area contributed by atoms with Gasteiger partial charge in [-0.15, -0.1) is 0 Å². The first-order valence-corrected chi connectivity index (χ1v) is 6.09. The highest BCUT2D eigenvalue weighted by molar-refractivity contribution is 6.02. The van der Waals surface area contributed by atoms with Crippen LogP contribution in [0.2, 0.25) is 0 Å². The number of urea groups is 1. The number of hydrogen-bond donors (Lipinski definition) is 3. The summed E-state index contributed by atoms with van der Waals surface area (Å²) in [5.41, 5.74) is 2.09. The zero-order valence-electron chi connectivity index (χ0n) is 11.1. The van der Waals surface area contributed by atoms with Crippen LogP contribution in [0.1, 0.15) is 18.1 Å². The molecule has 0 aliphatic heterocycles. The van der Waals surface area contributed by atoms with E-state index in [1.165, 1.54) is 0 Å². The van der Waals surface area contributed by atoms with E-state index in [1.807, 2.05) is 36.5 Å². The molecule has 0 saturated heterocycles. The molecule has 106 valence electrons. The quantitative estimate of drug-likeness (QED) is 0.704. The summed E-state index contributed by atoms with van der Waals surface area (Å²) in [6.07, 6.45) is 2.29. The summed E-state index contributed by atoms with van der Waals surface area (Å²) in [5.74, 6) is -2.04. The highest BCUT2D eigenvalue weighted by Gasteiger charge is 2.06. The molecular formula is C14H16N2O4. The number of imide groups is 1. The number of carboxylic acid groups (broad SMARTS) is 1. The fourth-order valence-electron chi connectivity index (χ4n) is 1.60. The maximum Gasteiger partial charge on any atom is 0.328 e. The molecule has 0 aliphatic rings. The van der Waals surface area contributed by atoms with Crippen LogP contribution in [-0.2, 0) is 22.6 Å². The minimum atomic E-state index is -1.25. The van der Waals surface area contributed by atoms with E-state index in [2.05, 4.69) is 5.32 Å². The van der Waals surface area contributed by atoms with E-state index in [9.17, 15) is 14.4 Å². The van der Waals surface area contributed by atoms with E-state index >= 15 is 0 Å². The summed E-state index contributed by atoms with van der Waals surface area (Å²) in [5, 5.41) is 12.9. The topological polar surface area (TPSA) is 95.5 Å². The standard InChI is InChI=1S/C14H16N2O4/c1-2-10-5-3-4-6-11(10)9-15-14(20)16-12(17)7-8-13(18)19/h3-8H,2,9H2,1H3,(H,18,19)(H2,15,16,17,20). The fraction of sp³-hybridized carbons (Fsp3) is 0.214. The van der Waals surface area contributed by atoms with Crippen molar-refractivity contribution < 1.29 is 19.5 Å². The molecule has 0 aromatic heterocycles. The summed E-state index contributed by atoms with van der Waals surface area (Å²) >= 11 is 0. The highest BCUT2D eigenvalue weighted by Crippen LogP contribution is 2.08. The Morgan fingerprint density at radius 2 is 1.80 bits per heavy atom. The summed E-state index contributed by atoms with van der Waals surface area (Å²) in [6, 6.07) is 6.98. The number of carbonyl (C=O) groups excluding carboxylic acids is 2. The van der Waals surface area contributed by atoms with Gasteiger partial charge in [0.05, 0.1) is 0 Å². The molecule has 0 unspecified atom stereocenters. The van der Waals surface area contributed by atoms with Crippen molar-refractivity contribution in [3.05, 3.63) is 47.5 Å². The lowest BCUT2D eigenvalue weighted by atomic mass is 10.1. The molecule has 0 atom stereocenters. The number of nitrogens with one attached hydrogen (secondary N) is 2. The second-order valence-corrected chi connectivity index (χ2v) is 3.97. The van der Waals surface area contributed by atoms with E-state index < -0.39 is 17.9 Å². The average molecular weight is 276 g/mol. The number of carboxylic acids is 1. The third-order valence-corrected chi connectivity index (χ3v) is 2.55. The zero-order chi connectivity index (χ0) is 15.0. The Bertz CT molecular complexity index is 538. The SMILES string of the molecule is CCc1ccccc1CNC(=O)NC(=O)C=CC(=O)O. The minimum absolute atomic E-state index is 0.297. The van der Waals surface area contributed by atoms with Gasteiger partial charge < -0.3 is 10.4 Å². The molecule has 0 radical (unpaired) electrons. The number of amides is 3. The van der Waals surface area contributed by atoms with Crippen molar-refractivity contribution in [2.75, 3.05) is 0 Å². The number of aliphatic carboxylic acids is 1. The van der Waals surface area contributed by atoms with Gasteiger partial charge in [0.25, 0.3) is 5.91 Å². The van der Waals surface area contributed by atoms with Gasteiger partial charge in [-0.3, -0.25) is 10.1 Å². The molecule has 1 aromatic rings. The smallest absolute Gasteiger partial charge is 0.328 e. The van der Waals surface area contributed by atoms with Crippen LogP contribution in [-0.4, -0.2) is 23.0 Å². The van der Waals surface area contributed by atoms with Gasteiger partial charge in [0.2, 0.25) is 0 Å². The third-order valence-electron chi connectivity index (χ3n) is 2.55. The number of aryl methyl sites for hydroxylation is 1. The average Bonchev–Trinajstić information content (AvgIpc) is 2.43. The van der Waals surface area contributed by atoms with Crippen molar-refractivity contribution in [1.82, 2.24) is 10.6 Å². The Labute approximate surface area is 116 Å². The second-order valence-electron chi connectivity index (χ2n) is 3.97. The van der Waals surface area contributed by atoms with Gasteiger partial charge in [0.1, 0.15) is 0 Å². The lowest BCUT2D eigenvalue weighted by Crippen LogP contribution is -2.38. The normalized spacial score (nSPS) is 10.2. The predicted octanol–water partition coefficient (Wildman–Crippen LogP) is 1.22. The Balaban J connectivity index is 2.47. The molecule has 0 fully saturated rings. The van der Waals surface area contributed by atoms with Crippen molar-refractivity contribution in [3.8, 4) is 0 Å². The van der Waals surface area contributed by atoms with Gasteiger partial charge in [0, 0.05) is 18.7 Å². The maximum atomic E-state index is 11.4. The molecule has 3 N–H and O–H groups in total. The molecule has 0 bridgehead atoms. The van der Waals surface area contributed by atoms with Crippen molar-refractivity contribution in [2.24, 2.45) is 0 Å². The number of rotatable bonds is 5. The molecule has 0 aliphatic carbocycles. The van der Waals surface area contributed by atoms with Crippen LogP contribution in [0.5, 0.6) is 0 Å². The van der Waals surface area contributed by atoms with Gasteiger partial charge in [-0.05, 0) is 17.5 Å². The maximum absolute atomic E-state index is 11.4. The summed E-state index contributed by atoms with van der Waals surface area (Å²) in [7, 11) is 0. The second kappa shape index (κ2) is 7.73. The zero-order valence-corrected chi connectivity index (χ0v) is 11.1. The van der Waals surface area contributed by atoms with Crippen LogP contribution in [0.25, 0.3) is 0 Å². The van der Waals surface area contributed by atoms with Gasteiger partial charge in [-0.2, -0.15) is 0 Å². The predicted molar refractivity (Wildman–Crippen MR) is 73.0 cm³/mol. The summed E-state index contributed by atoms with van der Waals surface area (Å²) in [6.45, 7) is 2.31. The highest BCUT2D eigenvalue weighted by atomic mass is 16.4. The first-order valence-electron chi connectivity index (χ1n) is 6.09. The first kappa shape index (κ1) is 15.4. The van der Waals surface area contributed by atoms with Crippen molar-refractivity contribution in [3.63, 3.8) is 0 Å². The molecule has 3 amide bonds. The summed E-state index contributed by atoms with van der Waals surface area (Å²) in [4.78, 5) is 32.8. The first-order chi connectivity index (χ1) is 9.52. The van der Waals surface area contributed by atoms with Crippen LogP contribution in [0, 0.1) is 0 Å². The largest absolute Gasteiger partial charge is 0.478 e. The Morgan fingerprint density at radius 3 is 2.40 bits per heavy atom. The third kappa shape index (κ3) is 5.34. The van der Waals surface area contributed by atoms with Crippen LogP contribution in [0.3, 0.4) is 0 Å². The molecule has 0 spiro atoms.